The predicted octanol–water partition coefficient (Wildman–Crippen LogP) is 5.11. The van der Waals surface area contributed by atoms with Crippen LogP contribution in [-0.2, 0) is 11.2 Å². The van der Waals surface area contributed by atoms with Gasteiger partial charge in [0, 0.05) is 13.1 Å². The van der Waals surface area contributed by atoms with Crippen LogP contribution in [0.2, 0.25) is 0 Å². The molecule has 0 aliphatic rings. The summed E-state index contributed by atoms with van der Waals surface area (Å²) in [6, 6.07) is 24.3. The fourth-order valence-corrected chi connectivity index (χ4v) is 4.52. The maximum absolute atomic E-state index is 13.3. The molecular weight excluding hydrogens is 418 g/mol. The number of hydrogen-bond acceptors (Lipinski definition) is 5. The van der Waals surface area contributed by atoms with Crippen LogP contribution in [-0.4, -0.2) is 50.1 Å². The molecule has 0 atom stereocenters. The van der Waals surface area contributed by atoms with E-state index in [0.717, 1.165) is 38.8 Å². The van der Waals surface area contributed by atoms with Gasteiger partial charge < -0.3 is 9.64 Å². The van der Waals surface area contributed by atoms with E-state index in [1.807, 2.05) is 67.5 Å². The molecule has 0 spiro atoms. The van der Waals surface area contributed by atoms with Crippen LogP contribution < -0.4 is 9.64 Å². The minimum atomic E-state index is 0.0466. The molecule has 1 heterocycles. The Bertz CT molecular complexity index is 1190. The number of hydrogen-bond donors (Lipinski definition) is 0. The molecule has 4 aromatic rings. The average Bonchev–Trinajstić information content (AvgIpc) is 3.23. The summed E-state index contributed by atoms with van der Waals surface area (Å²) >= 11 is 1.52. The van der Waals surface area contributed by atoms with Gasteiger partial charge in [0.1, 0.15) is 5.75 Å². The molecule has 0 N–H and O–H groups in total. The number of anilines is 1. The quantitative estimate of drug-likeness (QED) is 0.378. The van der Waals surface area contributed by atoms with Crippen LogP contribution in [0.1, 0.15) is 5.56 Å². The van der Waals surface area contributed by atoms with Gasteiger partial charge in [-0.25, -0.2) is 4.98 Å². The van der Waals surface area contributed by atoms with E-state index in [2.05, 4.69) is 29.2 Å². The molecule has 0 unspecified atom stereocenters. The third-order valence-electron chi connectivity index (χ3n) is 5.30. The van der Waals surface area contributed by atoms with Gasteiger partial charge in [0.05, 0.1) is 23.7 Å². The second kappa shape index (κ2) is 9.94. The Balaban J connectivity index is 1.55. The number of likely N-dealkylation sites (N-methyl/N-ethyl adjacent to an activating group) is 1. The Labute approximate surface area is 192 Å². The van der Waals surface area contributed by atoms with Crippen molar-refractivity contribution < 1.29 is 9.53 Å². The van der Waals surface area contributed by atoms with Gasteiger partial charge in [0.15, 0.2) is 5.13 Å². The van der Waals surface area contributed by atoms with E-state index in [0.29, 0.717) is 13.0 Å². The first-order valence-electron chi connectivity index (χ1n) is 10.6. The van der Waals surface area contributed by atoms with E-state index in [1.165, 1.54) is 16.9 Å². The Morgan fingerprint density at radius 3 is 2.34 bits per heavy atom. The second-order valence-electron chi connectivity index (χ2n) is 7.92. The largest absolute Gasteiger partial charge is 0.497 e. The van der Waals surface area contributed by atoms with Gasteiger partial charge >= 0.3 is 0 Å². The first-order valence-corrected chi connectivity index (χ1v) is 11.4. The molecule has 0 radical (unpaired) electrons. The molecule has 3 aromatic carbocycles. The fraction of sp³-hybridized carbons (Fsp3) is 0.231. The average molecular weight is 446 g/mol. The number of thiazole rings is 1. The maximum Gasteiger partial charge on any atom is 0.233 e. The van der Waals surface area contributed by atoms with E-state index >= 15 is 0 Å². The monoisotopic (exact) mass is 445 g/mol. The van der Waals surface area contributed by atoms with Crippen molar-refractivity contribution in [2.45, 2.75) is 6.42 Å². The fourth-order valence-electron chi connectivity index (χ4n) is 3.48. The summed E-state index contributed by atoms with van der Waals surface area (Å²) in [7, 11) is 5.67. The zero-order valence-corrected chi connectivity index (χ0v) is 19.4. The summed E-state index contributed by atoms with van der Waals surface area (Å²) in [4.78, 5) is 21.9. The van der Waals surface area contributed by atoms with Crippen LogP contribution in [0, 0.1) is 0 Å². The molecule has 4 rings (SSSR count). The van der Waals surface area contributed by atoms with Crippen molar-refractivity contribution in [3.63, 3.8) is 0 Å². The SMILES string of the molecule is COc1ccc2nc(N(CCN(C)C)C(=O)Cc3ccc(-c4ccccc4)cc3)sc2c1. The highest BCUT2D eigenvalue weighted by Gasteiger charge is 2.20. The molecule has 1 aromatic heterocycles. The topological polar surface area (TPSA) is 45.7 Å². The normalized spacial score (nSPS) is 11.1. The smallest absolute Gasteiger partial charge is 0.233 e. The summed E-state index contributed by atoms with van der Waals surface area (Å²) < 4.78 is 6.34. The Kier molecular flexibility index (Phi) is 6.83. The van der Waals surface area contributed by atoms with Crippen LogP contribution in [0.15, 0.2) is 72.8 Å². The van der Waals surface area contributed by atoms with E-state index < -0.39 is 0 Å². The van der Waals surface area contributed by atoms with E-state index in [4.69, 9.17) is 9.72 Å². The van der Waals surface area contributed by atoms with Crippen molar-refractivity contribution in [2.75, 3.05) is 39.2 Å². The number of rotatable bonds is 8. The highest BCUT2D eigenvalue weighted by Crippen LogP contribution is 2.32. The van der Waals surface area contributed by atoms with Gasteiger partial charge in [-0.15, -0.1) is 0 Å². The molecule has 164 valence electrons. The standard InChI is InChI=1S/C26H27N3O2S/c1-28(2)15-16-29(26-27-23-14-13-22(31-3)18-24(23)32-26)25(30)17-19-9-11-21(12-10-19)20-7-5-4-6-8-20/h4-14,18H,15-17H2,1-3H3. The number of fused-ring (bicyclic) bond motifs is 1. The highest BCUT2D eigenvalue weighted by molar-refractivity contribution is 7.22. The van der Waals surface area contributed by atoms with Gasteiger partial charge in [0.25, 0.3) is 0 Å². The first kappa shape index (κ1) is 22.0. The lowest BCUT2D eigenvalue weighted by Gasteiger charge is -2.22. The zero-order valence-electron chi connectivity index (χ0n) is 18.6. The summed E-state index contributed by atoms with van der Waals surface area (Å²) in [5, 5.41) is 0.723. The zero-order chi connectivity index (χ0) is 22.5. The number of amides is 1. The molecule has 0 bridgehead atoms. The van der Waals surface area contributed by atoms with Crippen LogP contribution in [0.4, 0.5) is 5.13 Å². The second-order valence-corrected chi connectivity index (χ2v) is 8.93. The molecule has 6 heteroatoms. The Morgan fingerprint density at radius 1 is 0.938 bits per heavy atom. The van der Waals surface area contributed by atoms with Crippen LogP contribution in [0.25, 0.3) is 21.3 Å². The summed E-state index contributed by atoms with van der Waals surface area (Å²) in [6.45, 7) is 1.35. The maximum atomic E-state index is 13.3. The molecule has 0 saturated carbocycles. The lowest BCUT2D eigenvalue weighted by atomic mass is 10.0. The molecule has 32 heavy (non-hydrogen) atoms. The number of nitrogens with zero attached hydrogens (tertiary/aromatic N) is 3. The summed E-state index contributed by atoms with van der Waals surface area (Å²) in [5.41, 5.74) is 4.18. The van der Waals surface area contributed by atoms with E-state index in [1.54, 1.807) is 7.11 Å². The molecule has 0 aliphatic carbocycles. The van der Waals surface area contributed by atoms with Crippen molar-refractivity contribution in [1.82, 2.24) is 9.88 Å². The van der Waals surface area contributed by atoms with Crippen molar-refractivity contribution in [2.24, 2.45) is 0 Å². The number of benzene rings is 3. The van der Waals surface area contributed by atoms with Crippen LogP contribution in [0.5, 0.6) is 5.75 Å². The predicted molar refractivity (Wildman–Crippen MR) is 133 cm³/mol. The summed E-state index contributed by atoms with van der Waals surface area (Å²) in [5.74, 6) is 0.836. The number of carbonyl (C=O) groups excluding carboxylic acids is 1. The Morgan fingerprint density at radius 2 is 1.66 bits per heavy atom. The number of carbonyl (C=O) groups is 1. The van der Waals surface area contributed by atoms with Crippen molar-refractivity contribution in [1.29, 1.82) is 0 Å². The van der Waals surface area contributed by atoms with E-state index in [-0.39, 0.29) is 5.91 Å². The van der Waals surface area contributed by atoms with Gasteiger partial charge in [0.2, 0.25) is 5.91 Å². The van der Waals surface area contributed by atoms with Crippen molar-refractivity contribution in [3.8, 4) is 16.9 Å². The molecule has 0 aliphatic heterocycles. The number of ether oxygens (including phenoxy) is 1. The van der Waals surface area contributed by atoms with E-state index in [9.17, 15) is 4.79 Å². The molecular formula is C26H27N3O2S. The number of methoxy groups -OCH3 is 1. The number of aromatic nitrogens is 1. The van der Waals surface area contributed by atoms with Crippen LogP contribution >= 0.6 is 11.3 Å². The lowest BCUT2D eigenvalue weighted by molar-refractivity contribution is -0.118. The molecule has 1 amide bonds. The van der Waals surface area contributed by atoms with Crippen molar-refractivity contribution >= 4 is 32.6 Å². The third kappa shape index (κ3) is 5.15. The highest BCUT2D eigenvalue weighted by atomic mass is 32.1. The van der Waals surface area contributed by atoms with Gasteiger partial charge in [-0.2, -0.15) is 0 Å². The van der Waals surface area contributed by atoms with Gasteiger partial charge in [-0.3, -0.25) is 9.69 Å². The molecule has 0 saturated heterocycles. The summed E-state index contributed by atoms with van der Waals surface area (Å²) in [6.07, 6.45) is 0.335. The minimum Gasteiger partial charge on any atom is -0.497 e. The Hall–Kier alpha value is -3.22. The molecule has 5 nitrogen and oxygen atoms in total. The third-order valence-corrected chi connectivity index (χ3v) is 6.34. The van der Waals surface area contributed by atoms with Gasteiger partial charge in [-0.05, 0) is 49.0 Å². The minimum absolute atomic E-state index is 0.0466. The lowest BCUT2D eigenvalue weighted by Crippen LogP contribution is -2.37. The van der Waals surface area contributed by atoms with Crippen LogP contribution in [0.3, 0.4) is 0 Å². The van der Waals surface area contributed by atoms with Crippen molar-refractivity contribution in [3.05, 3.63) is 78.4 Å². The first-order chi connectivity index (χ1) is 15.5. The van der Waals surface area contributed by atoms with Gasteiger partial charge in [-0.1, -0.05) is 65.9 Å². The molecule has 0 fully saturated rings.